The number of nitrogens with one attached hydrogen (secondary N) is 2. The van der Waals surface area contributed by atoms with E-state index in [9.17, 15) is 4.79 Å². The van der Waals surface area contributed by atoms with E-state index in [-0.39, 0.29) is 5.91 Å². The highest BCUT2D eigenvalue weighted by Gasteiger charge is 2.12. The quantitative estimate of drug-likeness (QED) is 0.561. The SMILES string of the molecule is COCCNC(=O)c1cc(NCCc2ccccc2)nc(-c2ccccc2)n1. The van der Waals surface area contributed by atoms with Gasteiger partial charge in [0.1, 0.15) is 11.5 Å². The number of hydrogen-bond donors (Lipinski definition) is 2. The first kappa shape index (κ1) is 19.5. The van der Waals surface area contributed by atoms with Crippen molar-refractivity contribution < 1.29 is 9.53 Å². The molecule has 0 radical (unpaired) electrons. The van der Waals surface area contributed by atoms with Crippen molar-refractivity contribution in [2.45, 2.75) is 6.42 Å². The number of anilines is 1. The van der Waals surface area contributed by atoms with Crippen LogP contribution in [0.2, 0.25) is 0 Å². The maximum Gasteiger partial charge on any atom is 0.270 e. The molecule has 28 heavy (non-hydrogen) atoms. The number of nitrogens with zero attached hydrogens (tertiary/aromatic N) is 2. The average Bonchev–Trinajstić information content (AvgIpc) is 2.75. The van der Waals surface area contributed by atoms with Crippen LogP contribution >= 0.6 is 0 Å². The van der Waals surface area contributed by atoms with E-state index >= 15 is 0 Å². The van der Waals surface area contributed by atoms with Crippen LogP contribution in [0.3, 0.4) is 0 Å². The molecule has 2 N–H and O–H groups in total. The summed E-state index contributed by atoms with van der Waals surface area (Å²) >= 11 is 0. The number of aromatic nitrogens is 2. The van der Waals surface area contributed by atoms with E-state index in [4.69, 9.17) is 4.74 Å². The molecule has 0 unspecified atom stereocenters. The Hall–Kier alpha value is -3.25. The lowest BCUT2D eigenvalue weighted by molar-refractivity contribution is 0.0932. The van der Waals surface area contributed by atoms with Gasteiger partial charge in [0, 0.05) is 31.8 Å². The van der Waals surface area contributed by atoms with E-state index in [1.165, 1.54) is 5.56 Å². The third kappa shape index (κ3) is 5.62. The number of carbonyl (C=O) groups is 1. The first-order valence-corrected chi connectivity index (χ1v) is 9.25. The Morgan fingerprint density at radius 2 is 1.68 bits per heavy atom. The molecule has 0 spiro atoms. The normalized spacial score (nSPS) is 10.5. The van der Waals surface area contributed by atoms with Crippen LogP contribution in [0.5, 0.6) is 0 Å². The Balaban J connectivity index is 1.77. The Bertz CT molecular complexity index is 886. The van der Waals surface area contributed by atoms with Crippen molar-refractivity contribution in [2.24, 2.45) is 0 Å². The molecule has 3 rings (SSSR count). The van der Waals surface area contributed by atoms with Crippen molar-refractivity contribution in [1.82, 2.24) is 15.3 Å². The second kappa shape index (κ2) is 10.2. The van der Waals surface area contributed by atoms with Gasteiger partial charge in [0.2, 0.25) is 0 Å². The van der Waals surface area contributed by atoms with Crippen LogP contribution in [-0.2, 0) is 11.2 Å². The first-order valence-electron chi connectivity index (χ1n) is 9.25. The van der Waals surface area contributed by atoms with Gasteiger partial charge in [0.05, 0.1) is 6.61 Å². The maximum absolute atomic E-state index is 12.5. The van der Waals surface area contributed by atoms with Gasteiger partial charge in [0.25, 0.3) is 5.91 Å². The van der Waals surface area contributed by atoms with Crippen LogP contribution in [-0.4, -0.2) is 42.7 Å². The number of hydrogen-bond acceptors (Lipinski definition) is 5. The van der Waals surface area contributed by atoms with Crippen LogP contribution in [0.4, 0.5) is 5.82 Å². The number of rotatable bonds is 9. The Labute approximate surface area is 165 Å². The zero-order valence-electron chi connectivity index (χ0n) is 15.9. The summed E-state index contributed by atoms with van der Waals surface area (Å²) in [7, 11) is 1.60. The molecule has 144 valence electrons. The highest BCUT2D eigenvalue weighted by Crippen LogP contribution is 2.18. The Morgan fingerprint density at radius 1 is 0.964 bits per heavy atom. The molecule has 6 nitrogen and oxygen atoms in total. The molecule has 1 heterocycles. The van der Waals surface area contributed by atoms with Gasteiger partial charge in [-0.3, -0.25) is 4.79 Å². The highest BCUT2D eigenvalue weighted by molar-refractivity contribution is 5.93. The van der Waals surface area contributed by atoms with E-state index in [0.717, 1.165) is 12.0 Å². The second-order valence-electron chi connectivity index (χ2n) is 6.24. The molecule has 0 saturated carbocycles. The van der Waals surface area contributed by atoms with Gasteiger partial charge in [-0.1, -0.05) is 60.7 Å². The Morgan fingerprint density at radius 3 is 2.39 bits per heavy atom. The van der Waals surface area contributed by atoms with E-state index in [0.29, 0.717) is 37.0 Å². The minimum atomic E-state index is -0.247. The van der Waals surface area contributed by atoms with Gasteiger partial charge in [-0.05, 0) is 12.0 Å². The molecule has 0 aliphatic carbocycles. The summed E-state index contributed by atoms with van der Waals surface area (Å²) in [4.78, 5) is 21.5. The van der Waals surface area contributed by atoms with Crippen LogP contribution in [0, 0.1) is 0 Å². The predicted octanol–water partition coefficient (Wildman–Crippen LogP) is 3.17. The number of ether oxygens (including phenoxy) is 1. The molecule has 0 saturated heterocycles. The zero-order chi connectivity index (χ0) is 19.6. The molecule has 2 aromatic carbocycles. The fourth-order valence-electron chi connectivity index (χ4n) is 2.71. The summed E-state index contributed by atoms with van der Waals surface area (Å²) in [6.45, 7) is 1.58. The summed E-state index contributed by atoms with van der Waals surface area (Å²) in [5.41, 5.74) is 2.43. The van der Waals surface area contributed by atoms with Gasteiger partial charge in [-0.15, -0.1) is 0 Å². The fraction of sp³-hybridized carbons (Fsp3) is 0.227. The summed E-state index contributed by atoms with van der Waals surface area (Å²) in [5.74, 6) is 0.895. The third-order valence-corrected chi connectivity index (χ3v) is 4.15. The van der Waals surface area contributed by atoms with Gasteiger partial charge in [0.15, 0.2) is 5.82 Å². The minimum Gasteiger partial charge on any atom is -0.383 e. The van der Waals surface area contributed by atoms with Crippen molar-refractivity contribution in [3.63, 3.8) is 0 Å². The van der Waals surface area contributed by atoms with Crippen molar-refractivity contribution in [3.8, 4) is 11.4 Å². The summed E-state index contributed by atoms with van der Waals surface area (Å²) in [6.07, 6.45) is 0.862. The average molecular weight is 376 g/mol. The van der Waals surface area contributed by atoms with E-state index in [1.807, 2.05) is 48.5 Å². The molecule has 0 aliphatic heterocycles. The zero-order valence-corrected chi connectivity index (χ0v) is 15.9. The second-order valence-corrected chi connectivity index (χ2v) is 6.24. The van der Waals surface area contributed by atoms with Gasteiger partial charge in [-0.2, -0.15) is 0 Å². The van der Waals surface area contributed by atoms with Crippen LogP contribution in [0.25, 0.3) is 11.4 Å². The minimum absolute atomic E-state index is 0.247. The molecule has 1 amide bonds. The molecule has 0 bridgehead atoms. The van der Waals surface area contributed by atoms with Crippen LogP contribution in [0.1, 0.15) is 16.1 Å². The predicted molar refractivity (Wildman–Crippen MR) is 110 cm³/mol. The van der Waals surface area contributed by atoms with Crippen molar-refractivity contribution in [1.29, 1.82) is 0 Å². The monoisotopic (exact) mass is 376 g/mol. The molecular formula is C22H24N4O2. The number of carbonyl (C=O) groups excluding carboxylic acids is 1. The molecule has 1 aromatic heterocycles. The van der Waals surface area contributed by atoms with Crippen molar-refractivity contribution in [3.05, 3.63) is 78.0 Å². The van der Waals surface area contributed by atoms with Crippen molar-refractivity contribution in [2.75, 3.05) is 32.1 Å². The fourth-order valence-corrected chi connectivity index (χ4v) is 2.71. The largest absolute Gasteiger partial charge is 0.383 e. The summed E-state index contributed by atoms with van der Waals surface area (Å²) in [5, 5.41) is 6.12. The number of benzene rings is 2. The van der Waals surface area contributed by atoms with Crippen molar-refractivity contribution >= 4 is 11.7 Å². The number of amides is 1. The standard InChI is InChI=1S/C22H24N4O2/c1-28-15-14-24-22(27)19-16-20(23-13-12-17-8-4-2-5-9-17)26-21(25-19)18-10-6-3-7-11-18/h2-11,16H,12-15H2,1H3,(H,24,27)(H,23,25,26). The maximum atomic E-state index is 12.5. The third-order valence-electron chi connectivity index (χ3n) is 4.15. The summed E-state index contributed by atoms with van der Waals surface area (Å²) in [6, 6.07) is 21.5. The topological polar surface area (TPSA) is 76.1 Å². The molecular weight excluding hydrogens is 352 g/mol. The van der Waals surface area contributed by atoms with Gasteiger partial charge in [-0.25, -0.2) is 9.97 Å². The smallest absolute Gasteiger partial charge is 0.270 e. The molecule has 3 aromatic rings. The molecule has 0 fully saturated rings. The molecule has 6 heteroatoms. The number of methoxy groups -OCH3 is 1. The first-order chi connectivity index (χ1) is 13.8. The van der Waals surface area contributed by atoms with Gasteiger partial charge < -0.3 is 15.4 Å². The van der Waals surface area contributed by atoms with Crippen LogP contribution < -0.4 is 10.6 Å². The lowest BCUT2D eigenvalue weighted by Gasteiger charge is -2.11. The van der Waals surface area contributed by atoms with Gasteiger partial charge >= 0.3 is 0 Å². The van der Waals surface area contributed by atoms with E-state index < -0.39 is 0 Å². The lowest BCUT2D eigenvalue weighted by atomic mass is 10.1. The summed E-state index contributed by atoms with van der Waals surface area (Å²) < 4.78 is 4.98. The van der Waals surface area contributed by atoms with E-state index in [1.54, 1.807) is 13.2 Å². The molecule has 0 atom stereocenters. The van der Waals surface area contributed by atoms with E-state index in [2.05, 4.69) is 32.7 Å². The van der Waals surface area contributed by atoms with Crippen LogP contribution in [0.15, 0.2) is 66.7 Å². The Kier molecular flexibility index (Phi) is 7.09. The molecule has 0 aliphatic rings. The lowest BCUT2D eigenvalue weighted by Crippen LogP contribution is -2.28. The highest BCUT2D eigenvalue weighted by atomic mass is 16.5.